The van der Waals surface area contributed by atoms with E-state index in [1.807, 2.05) is 42.5 Å². The van der Waals surface area contributed by atoms with Gasteiger partial charge in [-0.05, 0) is 30.2 Å². The lowest BCUT2D eigenvalue weighted by atomic mass is 10.0. The number of carbonyl (C=O) groups excluding carboxylic acids is 1. The largest absolute Gasteiger partial charge is 0.493 e. The Morgan fingerprint density at radius 2 is 1.83 bits per heavy atom. The molecule has 0 unspecified atom stereocenters. The van der Waals surface area contributed by atoms with Crippen LogP contribution in [0.5, 0.6) is 11.5 Å². The van der Waals surface area contributed by atoms with Gasteiger partial charge in [-0.25, -0.2) is 5.84 Å². The first-order valence-electron chi connectivity index (χ1n) is 7.74. The molecule has 0 aliphatic rings. The predicted octanol–water partition coefficient (Wildman–Crippen LogP) is 2.55. The topological polar surface area (TPSA) is 85.6 Å². The van der Waals surface area contributed by atoms with Gasteiger partial charge in [0.25, 0.3) is 0 Å². The molecule has 0 aliphatic heterocycles. The molecule has 2 aromatic rings. The number of benzene rings is 2. The van der Waals surface area contributed by atoms with Gasteiger partial charge in [-0.1, -0.05) is 24.3 Å². The summed E-state index contributed by atoms with van der Waals surface area (Å²) in [5.74, 6) is 6.29. The third-order valence-corrected chi connectivity index (χ3v) is 3.68. The van der Waals surface area contributed by atoms with Gasteiger partial charge in [0.1, 0.15) is 0 Å². The van der Waals surface area contributed by atoms with E-state index in [9.17, 15) is 4.79 Å². The summed E-state index contributed by atoms with van der Waals surface area (Å²) in [5, 5.41) is 3.36. The summed E-state index contributed by atoms with van der Waals surface area (Å²) < 4.78 is 10.7. The molecule has 1 amide bonds. The van der Waals surface area contributed by atoms with Crippen LogP contribution >= 0.6 is 0 Å². The summed E-state index contributed by atoms with van der Waals surface area (Å²) in [7, 11) is 3.23. The maximum Gasteiger partial charge on any atom is 0.233 e. The second kappa shape index (κ2) is 8.79. The van der Waals surface area contributed by atoms with Gasteiger partial charge in [0, 0.05) is 24.2 Å². The summed E-state index contributed by atoms with van der Waals surface area (Å²) in [4.78, 5) is 11.2. The molecule has 2 rings (SSSR count). The molecule has 128 valence electrons. The number of ether oxygens (including phenoxy) is 2. The normalized spacial score (nSPS) is 10.1. The fourth-order valence-electron chi connectivity index (χ4n) is 2.44. The monoisotopic (exact) mass is 329 g/mol. The number of nitrogens with two attached hydrogens (primary N) is 1. The Morgan fingerprint density at radius 3 is 2.54 bits per heavy atom. The van der Waals surface area contributed by atoms with Gasteiger partial charge in [-0.3, -0.25) is 10.2 Å². The van der Waals surface area contributed by atoms with Gasteiger partial charge in [0.05, 0.1) is 14.2 Å². The van der Waals surface area contributed by atoms with E-state index in [0.717, 1.165) is 16.8 Å². The second-order valence-corrected chi connectivity index (χ2v) is 5.21. The number of amides is 1. The van der Waals surface area contributed by atoms with Crippen LogP contribution in [0.15, 0.2) is 42.5 Å². The van der Waals surface area contributed by atoms with Crippen LogP contribution in [0.2, 0.25) is 0 Å². The average molecular weight is 329 g/mol. The number of rotatable bonds is 8. The zero-order chi connectivity index (χ0) is 17.4. The van der Waals surface area contributed by atoms with Crippen LogP contribution in [0.25, 0.3) is 11.1 Å². The van der Waals surface area contributed by atoms with Crippen LogP contribution < -0.4 is 26.1 Å². The van der Waals surface area contributed by atoms with Crippen molar-refractivity contribution in [3.63, 3.8) is 0 Å². The van der Waals surface area contributed by atoms with Gasteiger partial charge < -0.3 is 14.8 Å². The van der Waals surface area contributed by atoms with Crippen molar-refractivity contribution < 1.29 is 14.3 Å². The zero-order valence-electron chi connectivity index (χ0n) is 14.0. The Bertz CT molecular complexity index is 689. The minimum absolute atomic E-state index is 0.162. The molecule has 0 saturated carbocycles. The smallest absolute Gasteiger partial charge is 0.233 e. The molecule has 0 radical (unpaired) electrons. The highest BCUT2D eigenvalue weighted by Crippen LogP contribution is 2.35. The molecule has 0 atom stereocenters. The maximum absolute atomic E-state index is 11.2. The van der Waals surface area contributed by atoms with E-state index in [0.29, 0.717) is 30.9 Å². The lowest BCUT2D eigenvalue weighted by Gasteiger charge is -2.14. The van der Waals surface area contributed by atoms with Gasteiger partial charge in [-0.15, -0.1) is 0 Å². The number of hydrazine groups is 1. The molecular formula is C18H23N3O3. The summed E-state index contributed by atoms with van der Waals surface area (Å²) in [6, 6.07) is 13.8. The summed E-state index contributed by atoms with van der Waals surface area (Å²) >= 11 is 0. The fraction of sp³-hybridized carbons (Fsp3) is 0.278. The highest BCUT2D eigenvalue weighted by molar-refractivity contribution is 5.79. The molecule has 24 heavy (non-hydrogen) atoms. The van der Waals surface area contributed by atoms with Crippen molar-refractivity contribution in [1.82, 2.24) is 5.43 Å². The maximum atomic E-state index is 11.2. The minimum Gasteiger partial charge on any atom is -0.493 e. The second-order valence-electron chi connectivity index (χ2n) is 5.21. The standard InChI is InChI=1S/C18H23N3O3/c1-23-16-10-9-13(12-17(16)24-2)14-6-3-4-7-15(14)20-11-5-8-18(22)21-19/h3-4,6-7,9-10,12,20H,5,8,11,19H2,1-2H3,(H,21,22). The molecule has 0 aliphatic carbocycles. The molecule has 2 aromatic carbocycles. The molecule has 0 spiro atoms. The molecule has 0 fully saturated rings. The van der Waals surface area contributed by atoms with Crippen LogP contribution in [-0.4, -0.2) is 26.7 Å². The van der Waals surface area contributed by atoms with Crippen LogP contribution in [0.3, 0.4) is 0 Å². The van der Waals surface area contributed by atoms with Crippen molar-refractivity contribution in [1.29, 1.82) is 0 Å². The van der Waals surface area contributed by atoms with Gasteiger partial charge in [0.15, 0.2) is 11.5 Å². The lowest BCUT2D eigenvalue weighted by molar-refractivity contribution is -0.121. The predicted molar refractivity (Wildman–Crippen MR) is 95.0 cm³/mol. The number of nitrogens with one attached hydrogen (secondary N) is 2. The van der Waals surface area contributed by atoms with E-state index in [2.05, 4.69) is 10.7 Å². The molecule has 0 bridgehead atoms. The average Bonchev–Trinajstić information content (AvgIpc) is 2.64. The van der Waals surface area contributed by atoms with Crippen LogP contribution in [-0.2, 0) is 4.79 Å². The van der Waals surface area contributed by atoms with Crippen molar-refractivity contribution in [2.45, 2.75) is 12.8 Å². The first kappa shape index (κ1) is 17.6. The zero-order valence-corrected chi connectivity index (χ0v) is 14.0. The Kier molecular flexibility index (Phi) is 6.45. The van der Waals surface area contributed by atoms with Crippen LogP contribution in [0, 0.1) is 0 Å². The summed E-state index contributed by atoms with van der Waals surface area (Å²) in [5.41, 5.74) is 5.21. The number of para-hydroxylation sites is 1. The van der Waals surface area contributed by atoms with Crippen molar-refractivity contribution >= 4 is 11.6 Å². The minimum atomic E-state index is -0.162. The van der Waals surface area contributed by atoms with E-state index in [1.165, 1.54) is 0 Å². The van der Waals surface area contributed by atoms with E-state index in [1.54, 1.807) is 14.2 Å². The number of carbonyl (C=O) groups is 1. The van der Waals surface area contributed by atoms with Crippen molar-refractivity contribution in [3.8, 4) is 22.6 Å². The summed E-state index contributed by atoms with van der Waals surface area (Å²) in [6.07, 6.45) is 1.09. The number of hydrogen-bond donors (Lipinski definition) is 3. The Morgan fingerprint density at radius 1 is 1.08 bits per heavy atom. The molecule has 6 nitrogen and oxygen atoms in total. The van der Waals surface area contributed by atoms with Gasteiger partial charge >= 0.3 is 0 Å². The quantitative estimate of drug-likeness (QED) is 0.300. The Balaban J connectivity index is 2.15. The fourth-order valence-corrected chi connectivity index (χ4v) is 2.44. The highest BCUT2D eigenvalue weighted by atomic mass is 16.5. The van der Waals surface area contributed by atoms with E-state index >= 15 is 0 Å². The molecular weight excluding hydrogens is 306 g/mol. The molecule has 4 N–H and O–H groups in total. The number of methoxy groups -OCH3 is 2. The SMILES string of the molecule is COc1ccc(-c2ccccc2NCCCC(=O)NN)cc1OC. The number of anilines is 1. The molecule has 6 heteroatoms. The first-order valence-corrected chi connectivity index (χ1v) is 7.74. The van der Waals surface area contributed by atoms with E-state index in [4.69, 9.17) is 15.3 Å². The van der Waals surface area contributed by atoms with E-state index in [-0.39, 0.29) is 5.91 Å². The Hall–Kier alpha value is -2.73. The van der Waals surface area contributed by atoms with Crippen LogP contribution in [0.4, 0.5) is 5.69 Å². The highest BCUT2D eigenvalue weighted by Gasteiger charge is 2.09. The van der Waals surface area contributed by atoms with Crippen LogP contribution in [0.1, 0.15) is 12.8 Å². The first-order chi connectivity index (χ1) is 11.7. The van der Waals surface area contributed by atoms with Crippen molar-refractivity contribution in [2.75, 3.05) is 26.1 Å². The third kappa shape index (κ3) is 4.39. The number of hydrogen-bond acceptors (Lipinski definition) is 5. The van der Waals surface area contributed by atoms with Crippen molar-refractivity contribution in [3.05, 3.63) is 42.5 Å². The van der Waals surface area contributed by atoms with E-state index < -0.39 is 0 Å². The van der Waals surface area contributed by atoms with Gasteiger partial charge in [0.2, 0.25) is 5.91 Å². The molecule has 0 saturated heterocycles. The summed E-state index contributed by atoms with van der Waals surface area (Å²) in [6.45, 7) is 0.678. The molecule has 0 heterocycles. The lowest BCUT2D eigenvalue weighted by Crippen LogP contribution is -2.30. The van der Waals surface area contributed by atoms with Gasteiger partial charge in [-0.2, -0.15) is 0 Å². The third-order valence-electron chi connectivity index (χ3n) is 3.68. The molecule has 0 aromatic heterocycles. The van der Waals surface area contributed by atoms with Crippen molar-refractivity contribution in [2.24, 2.45) is 5.84 Å². The Labute approximate surface area is 141 Å².